The summed E-state index contributed by atoms with van der Waals surface area (Å²) in [6.45, 7) is 0.907. The Balaban J connectivity index is 3.30. The molecule has 1 aromatic rings. The van der Waals surface area contributed by atoms with Crippen LogP contribution in [0.1, 0.15) is 27.6 Å². The number of rotatable bonds is 4. The van der Waals surface area contributed by atoms with Gasteiger partial charge in [0.2, 0.25) is 0 Å². The van der Waals surface area contributed by atoms with Gasteiger partial charge in [0.1, 0.15) is 18.0 Å². The fourth-order valence-electron chi connectivity index (χ4n) is 1.52. The first-order valence-electron chi connectivity index (χ1n) is 4.74. The zero-order valence-electron chi connectivity index (χ0n) is 8.72. The minimum Gasteiger partial charge on any atom is -0.394 e. The van der Waals surface area contributed by atoms with Crippen molar-refractivity contribution in [3.05, 3.63) is 34.6 Å². The molecule has 0 aliphatic carbocycles. The minimum atomic E-state index is -1.49. The van der Waals surface area contributed by atoms with E-state index in [9.17, 15) is 19.4 Å². The number of aldehydes is 1. The average molecular weight is 228 g/mol. The number of aliphatic hydroxyl groups excluding tert-OH is 3. The Morgan fingerprint density at radius 3 is 2.56 bits per heavy atom. The van der Waals surface area contributed by atoms with Crippen LogP contribution in [0.3, 0.4) is 0 Å². The first-order valence-corrected chi connectivity index (χ1v) is 4.74. The summed E-state index contributed by atoms with van der Waals surface area (Å²) in [5, 5.41) is 27.6. The van der Waals surface area contributed by atoms with Gasteiger partial charge in [-0.2, -0.15) is 0 Å². The highest BCUT2D eigenvalue weighted by Gasteiger charge is 2.24. The lowest BCUT2D eigenvalue weighted by molar-refractivity contribution is -0.0159. The van der Waals surface area contributed by atoms with Crippen molar-refractivity contribution in [3.63, 3.8) is 0 Å². The molecule has 2 unspecified atom stereocenters. The molecule has 2 atom stereocenters. The summed E-state index contributed by atoms with van der Waals surface area (Å²) in [5.74, 6) is -0.764. The summed E-state index contributed by atoms with van der Waals surface area (Å²) < 4.78 is 13.3. The zero-order valence-corrected chi connectivity index (χ0v) is 8.72. The molecule has 88 valence electrons. The van der Waals surface area contributed by atoms with Gasteiger partial charge in [-0.25, -0.2) is 4.39 Å². The van der Waals surface area contributed by atoms with E-state index in [2.05, 4.69) is 0 Å². The second-order valence-corrected chi connectivity index (χ2v) is 3.50. The number of hydrogen-bond acceptors (Lipinski definition) is 4. The maximum absolute atomic E-state index is 13.3. The number of benzene rings is 1. The van der Waals surface area contributed by atoms with Crippen molar-refractivity contribution in [2.45, 2.75) is 19.1 Å². The van der Waals surface area contributed by atoms with Crippen LogP contribution in [0.25, 0.3) is 0 Å². The van der Waals surface area contributed by atoms with Gasteiger partial charge in [-0.1, -0.05) is 6.07 Å². The SMILES string of the molecule is Cc1ccc(F)c(C=O)c1C(O)C(O)CO. The summed E-state index contributed by atoms with van der Waals surface area (Å²) in [4.78, 5) is 10.7. The summed E-state index contributed by atoms with van der Waals surface area (Å²) in [5.41, 5.74) is 0.194. The second-order valence-electron chi connectivity index (χ2n) is 3.50. The number of aryl methyl sites for hydroxylation is 1. The Morgan fingerprint density at radius 1 is 1.44 bits per heavy atom. The smallest absolute Gasteiger partial charge is 0.153 e. The maximum Gasteiger partial charge on any atom is 0.153 e. The molecule has 0 amide bonds. The first-order chi connectivity index (χ1) is 7.52. The Labute approximate surface area is 92.0 Å². The van der Waals surface area contributed by atoms with E-state index in [1.807, 2.05) is 0 Å². The van der Waals surface area contributed by atoms with E-state index in [0.717, 1.165) is 6.07 Å². The van der Waals surface area contributed by atoms with Crippen LogP contribution >= 0.6 is 0 Å². The van der Waals surface area contributed by atoms with E-state index in [0.29, 0.717) is 5.56 Å². The number of hydrogen-bond donors (Lipinski definition) is 3. The van der Waals surface area contributed by atoms with Crippen LogP contribution in [-0.2, 0) is 0 Å². The molecule has 0 saturated heterocycles. The molecule has 1 aromatic carbocycles. The topological polar surface area (TPSA) is 77.8 Å². The maximum atomic E-state index is 13.3. The van der Waals surface area contributed by atoms with Gasteiger partial charge in [-0.3, -0.25) is 4.79 Å². The molecule has 1 rings (SSSR count). The molecule has 0 aliphatic rings. The molecule has 4 nitrogen and oxygen atoms in total. The second kappa shape index (κ2) is 5.16. The number of carbonyl (C=O) groups excluding carboxylic acids is 1. The van der Waals surface area contributed by atoms with E-state index < -0.39 is 24.6 Å². The number of halogens is 1. The standard InChI is InChI=1S/C11H13FO4/c1-6-2-3-8(12)7(4-13)10(6)11(16)9(15)5-14/h2-4,9,11,14-16H,5H2,1H3. The van der Waals surface area contributed by atoms with Crippen molar-refractivity contribution < 1.29 is 24.5 Å². The summed E-state index contributed by atoms with van der Waals surface area (Å²) in [7, 11) is 0. The van der Waals surface area contributed by atoms with Crippen LogP contribution in [-0.4, -0.2) is 34.3 Å². The van der Waals surface area contributed by atoms with Gasteiger partial charge in [-0.15, -0.1) is 0 Å². The molecule has 0 radical (unpaired) electrons. The van der Waals surface area contributed by atoms with Crippen molar-refractivity contribution in [3.8, 4) is 0 Å². The lowest BCUT2D eigenvalue weighted by atomic mass is 9.94. The van der Waals surface area contributed by atoms with E-state index in [-0.39, 0.29) is 17.4 Å². The Bertz CT molecular complexity index is 392. The third-order valence-electron chi connectivity index (χ3n) is 2.42. The van der Waals surface area contributed by atoms with Gasteiger partial charge in [0.15, 0.2) is 6.29 Å². The van der Waals surface area contributed by atoms with E-state index in [1.165, 1.54) is 6.07 Å². The normalized spacial score (nSPS) is 14.6. The van der Waals surface area contributed by atoms with Gasteiger partial charge < -0.3 is 15.3 Å². The predicted molar refractivity (Wildman–Crippen MR) is 54.6 cm³/mol. The van der Waals surface area contributed by atoms with Crippen molar-refractivity contribution in [1.29, 1.82) is 0 Å². The van der Waals surface area contributed by atoms with Gasteiger partial charge in [-0.05, 0) is 24.1 Å². The number of carbonyl (C=O) groups is 1. The quantitative estimate of drug-likeness (QED) is 0.649. The molecule has 0 fully saturated rings. The molecule has 16 heavy (non-hydrogen) atoms. The molecular weight excluding hydrogens is 215 g/mol. The van der Waals surface area contributed by atoms with Gasteiger partial charge >= 0.3 is 0 Å². The lowest BCUT2D eigenvalue weighted by Crippen LogP contribution is -2.24. The third-order valence-corrected chi connectivity index (χ3v) is 2.42. The predicted octanol–water partition coefficient (Wildman–Crippen LogP) is 0.333. The molecule has 0 saturated carbocycles. The lowest BCUT2D eigenvalue weighted by Gasteiger charge is -2.19. The molecule has 0 spiro atoms. The minimum absolute atomic E-state index is 0.0107. The first kappa shape index (κ1) is 12.8. The molecule has 0 aromatic heterocycles. The van der Waals surface area contributed by atoms with Crippen LogP contribution in [0.5, 0.6) is 0 Å². The van der Waals surface area contributed by atoms with Crippen LogP contribution in [0.4, 0.5) is 4.39 Å². The monoisotopic (exact) mass is 228 g/mol. The summed E-state index contributed by atoms with van der Waals surface area (Å²) in [6, 6.07) is 2.51. The highest BCUT2D eigenvalue weighted by atomic mass is 19.1. The van der Waals surface area contributed by atoms with E-state index >= 15 is 0 Å². The highest BCUT2D eigenvalue weighted by molar-refractivity contribution is 5.78. The Hall–Kier alpha value is -1.30. The molecule has 5 heteroatoms. The largest absolute Gasteiger partial charge is 0.394 e. The van der Waals surface area contributed by atoms with Crippen molar-refractivity contribution in [1.82, 2.24) is 0 Å². The average Bonchev–Trinajstić information content (AvgIpc) is 2.29. The van der Waals surface area contributed by atoms with Gasteiger partial charge in [0.25, 0.3) is 0 Å². The fraction of sp³-hybridized carbons (Fsp3) is 0.364. The van der Waals surface area contributed by atoms with Crippen LogP contribution < -0.4 is 0 Å². The molecule has 0 heterocycles. The Morgan fingerprint density at radius 2 is 2.06 bits per heavy atom. The molecule has 0 bridgehead atoms. The van der Waals surface area contributed by atoms with Crippen LogP contribution in [0.15, 0.2) is 12.1 Å². The highest BCUT2D eigenvalue weighted by Crippen LogP contribution is 2.25. The van der Waals surface area contributed by atoms with E-state index in [4.69, 9.17) is 5.11 Å². The van der Waals surface area contributed by atoms with Crippen LogP contribution in [0.2, 0.25) is 0 Å². The van der Waals surface area contributed by atoms with Crippen LogP contribution in [0, 0.1) is 12.7 Å². The zero-order chi connectivity index (χ0) is 12.3. The van der Waals surface area contributed by atoms with Crippen molar-refractivity contribution in [2.75, 3.05) is 6.61 Å². The molecular formula is C11H13FO4. The van der Waals surface area contributed by atoms with Crippen molar-refractivity contribution >= 4 is 6.29 Å². The summed E-state index contributed by atoms with van der Waals surface area (Å²) >= 11 is 0. The van der Waals surface area contributed by atoms with Gasteiger partial charge in [0.05, 0.1) is 12.2 Å². The van der Waals surface area contributed by atoms with Crippen molar-refractivity contribution in [2.24, 2.45) is 0 Å². The molecule has 3 N–H and O–H groups in total. The number of aliphatic hydroxyl groups is 3. The third kappa shape index (κ3) is 2.27. The Kier molecular flexibility index (Phi) is 4.12. The fourth-order valence-corrected chi connectivity index (χ4v) is 1.52. The van der Waals surface area contributed by atoms with E-state index in [1.54, 1.807) is 6.92 Å². The van der Waals surface area contributed by atoms with Gasteiger partial charge in [0, 0.05) is 0 Å². The molecule has 0 aliphatic heterocycles. The summed E-state index contributed by atoms with van der Waals surface area (Å²) in [6.07, 6.45) is -2.65.